The van der Waals surface area contributed by atoms with Crippen LogP contribution in [0.1, 0.15) is 10.4 Å². The first-order valence-electron chi connectivity index (χ1n) is 7.97. The largest absolute Gasteiger partial charge is 0.333 e. The molecule has 0 atom stereocenters. The van der Waals surface area contributed by atoms with Crippen LogP contribution in [0.4, 0.5) is 0 Å². The Morgan fingerprint density at radius 1 is 1.41 bits per heavy atom. The van der Waals surface area contributed by atoms with Gasteiger partial charge in [-0.25, -0.2) is 14.6 Å². The van der Waals surface area contributed by atoms with Crippen LogP contribution in [0.2, 0.25) is 5.02 Å². The molecule has 2 N–H and O–H groups in total. The van der Waals surface area contributed by atoms with E-state index in [0.29, 0.717) is 20.4 Å². The third kappa shape index (κ3) is 3.45. The van der Waals surface area contributed by atoms with E-state index in [-0.39, 0.29) is 17.2 Å². The summed E-state index contributed by atoms with van der Waals surface area (Å²) in [5.41, 5.74) is 4.77. The van der Waals surface area contributed by atoms with E-state index in [4.69, 9.17) is 11.6 Å². The monoisotopic (exact) mass is 419 g/mol. The van der Waals surface area contributed by atoms with Gasteiger partial charge in [0.1, 0.15) is 11.2 Å². The fraction of sp³-hybridized carbons (Fsp3) is 0.176. The maximum absolute atomic E-state index is 12.6. The Labute approximate surface area is 166 Å². The van der Waals surface area contributed by atoms with Gasteiger partial charge in [-0.1, -0.05) is 23.4 Å². The number of carbonyl (C=O) groups is 1. The lowest BCUT2D eigenvalue weighted by molar-refractivity contribution is -0.114. The molecule has 4 rings (SSSR count). The van der Waals surface area contributed by atoms with Crippen molar-refractivity contribution >= 4 is 61.9 Å². The third-order valence-corrected chi connectivity index (χ3v) is 6.32. The topological polar surface area (TPSA) is 92.7 Å². The molecule has 0 spiro atoms. The highest BCUT2D eigenvalue weighted by Gasteiger charge is 2.14. The van der Waals surface area contributed by atoms with Gasteiger partial charge in [0, 0.05) is 9.90 Å². The van der Waals surface area contributed by atoms with Crippen LogP contribution in [0.25, 0.3) is 21.3 Å². The molecule has 0 bridgehead atoms. The van der Waals surface area contributed by atoms with Crippen LogP contribution in [0, 0.1) is 13.8 Å². The van der Waals surface area contributed by atoms with Gasteiger partial charge in [-0.05, 0) is 37.6 Å². The Kier molecular flexibility index (Phi) is 4.67. The summed E-state index contributed by atoms with van der Waals surface area (Å²) in [6.07, 6.45) is 1.34. The molecule has 0 unspecified atom stereocenters. The first-order chi connectivity index (χ1) is 12.9. The summed E-state index contributed by atoms with van der Waals surface area (Å²) < 4.78 is 1.13. The molecule has 0 aliphatic rings. The number of hydrogen-bond acceptors (Lipinski definition) is 6. The van der Waals surface area contributed by atoms with Crippen LogP contribution < -0.4 is 11.0 Å². The molecular formula is C17H14ClN5O2S2. The van der Waals surface area contributed by atoms with E-state index in [2.05, 4.69) is 20.4 Å². The van der Waals surface area contributed by atoms with Gasteiger partial charge in [-0.15, -0.1) is 11.3 Å². The number of thiophene rings is 1. The van der Waals surface area contributed by atoms with Crippen molar-refractivity contribution in [3.8, 4) is 0 Å². The number of hydrogen-bond donors (Lipinski definition) is 2. The van der Waals surface area contributed by atoms with Gasteiger partial charge in [-0.3, -0.25) is 15.0 Å². The molecule has 7 nitrogen and oxygen atoms in total. The van der Waals surface area contributed by atoms with Crippen molar-refractivity contribution in [1.82, 2.24) is 19.6 Å². The van der Waals surface area contributed by atoms with Gasteiger partial charge in [0.15, 0.2) is 5.16 Å². The number of carbonyl (C=O) groups excluding carboxylic acids is 1. The minimum absolute atomic E-state index is 0.0969. The number of halogens is 1. The van der Waals surface area contributed by atoms with Crippen molar-refractivity contribution in [2.75, 3.05) is 11.2 Å². The summed E-state index contributed by atoms with van der Waals surface area (Å²) in [6.45, 7) is 3.83. The molecule has 1 aromatic carbocycles. The lowest BCUT2D eigenvalue weighted by Gasteiger charge is -2.07. The maximum Gasteiger partial charge on any atom is 0.281 e. The lowest BCUT2D eigenvalue weighted by atomic mass is 10.2. The quantitative estimate of drug-likeness (QED) is 0.494. The van der Waals surface area contributed by atoms with E-state index in [1.165, 1.54) is 29.4 Å². The maximum atomic E-state index is 12.6. The zero-order chi connectivity index (χ0) is 19.1. The van der Waals surface area contributed by atoms with Crippen LogP contribution in [0.5, 0.6) is 0 Å². The average molecular weight is 420 g/mol. The molecule has 1 amide bonds. The smallest absolute Gasteiger partial charge is 0.281 e. The van der Waals surface area contributed by atoms with Crippen molar-refractivity contribution in [3.05, 3.63) is 50.3 Å². The second kappa shape index (κ2) is 6.99. The Morgan fingerprint density at radius 3 is 3.04 bits per heavy atom. The highest BCUT2D eigenvalue weighted by Crippen LogP contribution is 2.25. The fourth-order valence-corrected chi connectivity index (χ4v) is 4.48. The molecule has 3 aromatic heterocycles. The van der Waals surface area contributed by atoms with Gasteiger partial charge in [0.05, 0.1) is 22.2 Å². The van der Waals surface area contributed by atoms with E-state index < -0.39 is 0 Å². The highest BCUT2D eigenvalue weighted by atomic mass is 35.5. The molecule has 10 heteroatoms. The number of aromatic nitrogens is 4. The minimum atomic E-state index is -0.327. The van der Waals surface area contributed by atoms with Gasteiger partial charge in [0.25, 0.3) is 5.56 Å². The van der Waals surface area contributed by atoms with E-state index in [0.717, 1.165) is 26.2 Å². The molecule has 0 fully saturated rings. The van der Waals surface area contributed by atoms with E-state index in [1.807, 2.05) is 19.9 Å². The number of imidazole rings is 1. The van der Waals surface area contributed by atoms with Crippen molar-refractivity contribution < 1.29 is 4.79 Å². The second-order valence-electron chi connectivity index (χ2n) is 5.91. The fourth-order valence-electron chi connectivity index (χ4n) is 2.64. The second-order valence-corrected chi connectivity index (χ2v) is 8.51. The van der Waals surface area contributed by atoms with Gasteiger partial charge in [0.2, 0.25) is 5.91 Å². The van der Waals surface area contributed by atoms with Gasteiger partial charge >= 0.3 is 0 Å². The van der Waals surface area contributed by atoms with Crippen LogP contribution in [0.3, 0.4) is 0 Å². The van der Waals surface area contributed by atoms with Crippen LogP contribution in [-0.2, 0) is 4.79 Å². The molecule has 0 aliphatic heterocycles. The number of amides is 1. The predicted molar refractivity (Wildman–Crippen MR) is 110 cm³/mol. The molecule has 0 saturated carbocycles. The lowest BCUT2D eigenvalue weighted by Crippen LogP contribution is -2.34. The molecule has 138 valence electrons. The van der Waals surface area contributed by atoms with E-state index in [9.17, 15) is 9.59 Å². The van der Waals surface area contributed by atoms with Crippen molar-refractivity contribution in [1.29, 1.82) is 0 Å². The predicted octanol–water partition coefficient (Wildman–Crippen LogP) is 3.47. The number of nitrogens with one attached hydrogen (secondary N) is 2. The average Bonchev–Trinajstić information content (AvgIpc) is 3.16. The number of aryl methyl sites for hydroxylation is 2. The zero-order valence-corrected chi connectivity index (χ0v) is 16.8. The third-order valence-electron chi connectivity index (χ3n) is 4.10. The summed E-state index contributed by atoms with van der Waals surface area (Å²) in [5, 5.41) is 1.76. The van der Waals surface area contributed by atoms with Crippen molar-refractivity contribution in [2.45, 2.75) is 19.0 Å². The molecule has 27 heavy (non-hydrogen) atoms. The Balaban J connectivity index is 1.49. The number of fused-ring (bicyclic) bond motifs is 2. The van der Waals surface area contributed by atoms with Crippen LogP contribution in [0.15, 0.2) is 34.5 Å². The summed E-state index contributed by atoms with van der Waals surface area (Å²) in [6, 6.07) is 5.35. The normalized spacial score (nSPS) is 11.4. The van der Waals surface area contributed by atoms with Crippen molar-refractivity contribution in [2.24, 2.45) is 0 Å². The SMILES string of the molecule is Cc1sc2ncn(NC(=O)CSc3nc4ccc(Cl)cc4[nH]3)c(=O)c2c1C. The van der Waals surface area contributed by atoms with Crippen LogP contribution >= 0.6 is 34.7 Å². The van der Waals surface area contributed by atoms with E-state index >= 15 is 0 Å². The summed E-state index contributed by atoms with van der Waals surface area (Å²) in [4.78, 5) is 38.3. The zero-order valence-electron chi connectivity index (χ0n) is 14.4. The van der Waals surface area contributed by atoms with E-state index in [1.54, 1.807) is 12.1 Å². The minimum Gasteiger partial charge on any atom is -0.333 e. The summed E-state index contributed by atoms with van der Waals surface area (Å²) in [5.74, 6) is -0.231. The van der Waals surface area contributed by atoms with Crippen molar-refractivity contribution in [3.63, 3.8) is 0 Å². The number of thioether (sulfide) groups is 1. The molecule has 0 aliphatic carbocycles. The summed E-state index contributed by atoms with van der Waals surface area (Å²) in [7, 11) is 0. The molecule has 3 heterocycles. The number of aromatic amines is 1. The number of nitrogens with zero attached hydrogens (tertiary/aromatic N) is 3. The molecule has 0 radical (unpaired) electrons. The molecule has 0 saturated heterocycles. The summed E-state index contributed by atoms with van der Waals surface area (Å²) >= 11 is 8.67. The first-order valence-corrected chi connectivity index (χ1v) is 10.2. The van der Waals surface area contributed by atoms with Gasteiger partial charge in [-0.2, -0.15) is 0 Å². The molecule has 4 aromatic rings. The highest BCUT2D eigenvalue weighted by molar-refractivity contribution is 7.99. The number of benzene rings is 1. The Bertz CT molecular complexity index is 1240. The first kappa shape index (κ1) is 18.0. The Hall–Kier alpha value is -2.36. The molecular weight excluding hydrogens is 406 g/mol. The number of H-pyrrole nitrogens is 1. The van der Waals surface area contributed by atoms with Gasteiger partial charge < -0.3 is 4.98 Å². The Morgan fingerprint density at radius 2 is 2.22 bits per heavy atom. The van der Waals surface area contributed by atoms with Crippen LogP contribution in [-0.4, -0.2) is 31.3 Å². The standard InChI is InChI=1S/C17H14ClN5O2S2/c1-8-9(2)27-15-14(8)16(25)23(7-19-15)22-13(24)6-26-17-20-11-4-3-10(18)5-12(11)21-17/h3-5,7H,6H2,1-2H3,(H,20,21)(H,22,24). The number of rotatable bonds is 4.